The van der Waals surface area contributed by atoms with Gasteiger partial charge in [0.1, 0.15) is 5.82 Å². The Morgan fingerprint density at radius 2 is 2.37 bits per heavy atom. The first-order valence-corrected chi connectivity index (χ1v) is 7.27. The molecule has 0 spiro atoms. The summed E-state index contributed by atoms with van der Waals surface area (Å²) in [5.74, 6) is 1.05. The third kappa shape index (κ3) is 3.45. The van der Waals surface area contributed by atoms with Crippen molar-refractivity contribution in [1.82, 2.24) is 4.98 Å². The van der Waals surface area contributed by atoms with Gasteiger partial charge in [-0.1, -0.05) is 6.92 Å². The van der Waals surface area contributed by atoms with E-state index in [4.69, 9.17) is 10.5 Å². The van der Waals surface area contributed by atoms with Crippen LogP contribution in [0.5, 0.6) is 0 Å². The quantitative estimate of drug-likeness (QED) is 0.885. The predicted octanol–water partition coefficient (Wildman–Crippen LogP) is 2.24. The van der Waals surface area contributed by atoms with Crippen LogP contribution in [0.1, 0.15) is 37.3 Å². The van der Waals surface area contributed by atoms with Crippen molar-refractivity contribution < 1.29 is 4.74 Å². The Balaban J connectivity index is 2.10. The lowest BCUT2D eigenvalue weighted by atomic mass is 10.1. The standard InChI is InChI=1S/C15H25N3O/c1-3-9-19-13-5-4-8-18(11-13)15-14(10-16)12(2)6-7-17-15/h6-7,13H,3-5,8-11,16H2,1-2H3. The smallest absolute Gasteiger partial charge is 0.133 e. The molecule has 0 amide bonds. The van der Waals surface area contributed by atoms with E-state index in [1.54, 1.807) is 0 Å². The largest absolute Gasteiger partial charge is 0.376 e. The SMILES string of the molecule is CCCOC1CCCN(c2nccc(C)c2CN)C1. The molecule has 1 aliphatic heterocycles. The van der Waals surface area contributed by atoms with E-state index >= 15 is 0 Å². The van der Waals surface area contributed by atoms with Crippen LogP contribution in [-0.4, -0.2) is 30.8 Å². The maximum absolute atomic E-state index is 5.89. The molecule has 0 saturated carbocycles. The maximum Gasteiger partial charge on any atom is 0.133 e. The number of pyridine rings is 1. The zero-order chi connectivity index (χ0) is 13.7. The molecule has 0 aromatic carbocycles. The first-order chi connectivity index (χ1) is 9.26. The number of nitrogens with two attached hydrogens (primary N) is 1. The van der Waals surface area contributed by atoms with Crippen LogP contribution in [0.25, 0.3) is 0 Å². The van der Waals surface area contributed by atoms with Crippen LogP contribution in [-0.2, 0) is 11.3 Å². The molecular formula is C15H25N3O. The Morgan fingerprint density at radius 1 is 1.53 bits per heavy atom. The van der Waals surface area contributed by atoms with E-state index in [9.17, 15) is 0 Å². The van der Waals surface area contributed by atoms with Gasteiger partial charge in [-0.3, -0.25) is 0 Å². The summed E-state index contributed by atoms with van der Waals surface area (Å²) in [6.45, 7) is 7.63. The van der Waals surface area contributed by atoms with Crippen molar-refractivity contribution in [1.29, 1.82) is 0 Å². The topological polar surface area (TPSA) is 51.4 Å². The average molecular weight is 263 g/mol. The van der Waals surface area contributed by atoms with Gasteiger partial charge in [-0.05, 0) is 37.8 Å². The lowest BCUT2D eigenvalue weighted by Gasteiger charge is -2.34. The Bertz CT molecular complexity index is 408. The summed E-state index contributed by atoms with van der Waals surface area (Å²) in [5, 5.41) is 0. The van der Waals surface area contributed by atoms with Gasteiger partial charge in [-0.25, -0.2) is 4.98 Å². The van der Waals surface area contributed by atoms with Gasteiger partial charge in [0.15, 0.2) is 0 Å². The molecule has 1 saturated heterocycles. The molecule has 2 heterocycles. The van der Waals surface area contributed by atoms with E-state index in [-0.39, 0.29) is 0 Å². The fourth-order valence-electron chi connectivity index (χ4n) is 2.65. The van der Waals surface area contributed by atoms with Gasteiger partial charge in [0.05, 0.1) is 6.10 Å². The number of nitrogens with zero attached hydrogens (tertiary/aromatic N) is 2. The highest BCUT2D eigenvalue weighted by atomic mass is 16.5. The number of ether oxygens (including phenoxy) is 1. The van der Waals surface area contributed by atoms with Crippen molar-refractivity contribution in [3.05, 3.63) is 23.4 Å². The van der Waals surface area contributed by atoms with Crippen molar-refractivity contribution in [3.63, 3.8) is 0 Å². The Morgan fingerprint density at radius 3 is 3.11 bits per heavy atom. The van der Waals surface area contributed by atoms with Gasteiger partial charge in [0.25, 0.3) is 0 Å². The van der Waals surface area contributed by atoms with Crippen LogP contribution in [0.4, 0.5) is 5.82 Å². The average Bonchev–Trinajstić information content (AvgIpc) is 2.45. The van der Waals surface area contributed by atoms with E-state index in [1.807, 2.05) is 12.3 Å². The lowest BCUT2D eigenvalue weighted by molar-refractivity contribution is 0.0439. The Hall–Kier alpha value is -1.13. The third-order valence-corrected chi connectivity index (χ3v) is 3.71. The summed E-state index contributed by atoms with van der Waals surface area (Å²) >= 11 is 0. The van der Waals surface area contributed by atoms with Crippen molar-refractivity contribution in [2.45, 2.75) is 45.8 Å². The number of anilines is 1. The van der Waals surface area contributed by atoms with Crippen molar-refractivity contribution in [2.24, 2.45) is 5.73 Å². The fourth-order valence-corrected chi connectivity index (χ4v) is 2.65. The highest BCUT2D eigenvalue weighted by Gasteiger charge is 2.23. The molecule has 1 unspecified atom stereocenters. The summed E-state index contributed by atoms with van der Waals surface area (Å²) in [6, 6.07) is 2.03. The third-order valence-electron chi connectivity index (χ3n) is 3.71. The van der Waals surface area contributed by atoms with E-state index in [2.05, 4.69) is 23.7 Å². The van der Waals surface area contributed by atoms with Crippen LogP contribution in [0.15, 0.2) is 12.3 Å². The molecule has 2 rings (SSSR count). The molecule has 4 nitrogen and oxygen atoms in total. The number of aryl methyl sites for hydroxylation is 1. The molecule has 0 bridgehead atoms. The predicted molar refractivity (Wildman–Crippen MR) is 78.3 cm³/mol. The summed E-state index contributed by atoms with van der Waals surface area (Å²) in [4.78, 5) is 6.87. The van der Waals surface area contributed by atoms with Crippen molar-refractivity contribution in [3.8, 4) is 0 Å². The van der Waals surface area contributed by atoms with Gasteiger partial charge in [-0.2, -0.15) is 0 Å². The molecule has 1 fully saturated rings. The van der Waals surface area contributed by atoms with Crippen molar-refractivity contribution >= 4 is 5.82 Å². The first kappa shape index (κ1) is 14.3. The van der Waals surface area contributed by atoms with Crippen LogP contribution in [0, 0.1) is 6.92 Å². The molecule has 2 N–H and O–H groups in total. The second kappa shape index (κ2) is 6.87. The second-order valence-electron chi connectivity index (χ2n) is 5.22. The molecule has 106 valence electrons. The van der Waals surface area contributed by atoms with E-state index in [0.29, 0.717) is 12.6 Å². The number of hydrogen-bond acceptors (Lipinski definition) is 4. The minimum Gasteiger partial charge on any atom is -0.376 e. The zero-order valence-electron chi connectivity index (χ0n) is 12.1. The zero-order valence-corrected chi connectivity index (χ0v) is 12.1. The van der Waals surface area contributed by atoms with Gasteiger partial charge in [0, 0.05) is 38.0 Å². The number of aromatic nitrogens is 1. The second-order valence-corrected chi connectivity index (χ2v) is 5.22. The molecule has 1 aromatic heterocycles. The van der Waals surface area contributed by atoms with E-state index in [1.165, 1.54) is 11.1 Å². The van der Waals surface area contributed by atoms with E-state index in [0.717, 1.165) is 44.8 Å². The summed E-state index contributed by atoms with van der Waals surface area (Å²) in [6.07, 6.45) is 5.60. The normalized spacial score (nSPS) is 19.7. The van der Waals surface area contributed by atoms with Crippen LogP contribution < -0.4 is 10.6 Å². The Labute approximate surface area is 116 Å². The minimum atomic E-state index is 0.335. The van der Waals surface area contributed by atoms with Gasteiger partial charge < -0.3 is 15.4 Å². The number of rotatable bonds is 5. The van der Waals surface area contributed by atoms with Crippen LogP contribution in [0.3, 0.4) is 0 Å². The molecule has 0 aliphatic carbocycles. The molecule has 0 radical (unpaired) electrons. The van der Waals surface area contributed by atoms with Gasteiger partial charge >= 0.3 is 0 Å². The highest BCUT2D eigenvalue weighted by Crippen LogP contribution is 2.24. The van der Waals surface area contributed by atoms with Gasteiger partial charge in [0.2, 0.25) is 0 Å². The van der Waals surface area contributed by atoms with Crippen LogP contribution in [0.2, 0.25) is 0 Å². The molecule has 1 aliphatic rings. The molecule has 1 aromatic rings. The molecule has 19 heavy (non-hydrogen) atoms. The first-order valence-electron chi connectivity index (χ1n) is 7.27. The van der Waals surface area contributed by atoms with E-state index < -0.39 is 0 Å². The lowest BCUT2D eigenvalue weighted by Crippen LogP contribution is -2.41. The summed E-state index contributed by atoms with van der Waals surface area (Å²) in [7, 11) is 0. The summed E-state index contributed by atoms with van der Waals surface area (Å²) < 4.78 is 5.89. The molecule has 4 heteroatoms. The molecule has 1 atom stereocenters. The minimum absolute atomic E-state index is 0.335. The maximum atomic E-state index is 5.89. The summed E-state index contributed by atoms with van der Waals surface area (Å²) in [5.41, 5.74) is 8.27. The van der Waals surface area contributed by atoms with Crippen LogP contribution >= 0.6 is 0 Å². The fraction of sp³-hybridized carbons (Fsp3) is 0.667. The van der Waals surface area contributed by atoms with Crippen molar-refractivity contribution in [2.75, 3.05) is 24.6 Å². The number of piperidine rings is 1. The van der Waals surface area contributed by atoms with Gasteiger partial charge in [-0.15, -0.1) is 0 Å². The highest BCUT2D eigenvalue weighted by molar-refractivity contribution is 5.50. The molecular weight excluding hydrogens is 238 g/mol. The number of hydrogen-bond donors (Lipinski definition) is 1. The monoisotopic (exact) mass is 263 g/mol. The Kier molecular flexibility index (Phi) is 5.16.